The van der Waals surface area contributed by atoms with E-state index in [0.29, 0.717) is 0 Å². The van der Waals surface area contributed by atoms with E-state index in [1.807, 2.05) is 0 Å². The van der Waals surface area contributed by atoms with Crippen molar-refractivity contribution in [1.29, 1.82) is 5.26 Å². The van der Waals surface area contributed by atoms with Gasteiger partial charge in [-0.3, -0.25) is 0 Å². The zero-order valence-electron chi connectivity index (χ0n) is 8.20. The van der Waals surface area contributed by atoms with E-state index in [0.717, 1.165) is 13.2 Å². The summed E-state index contributed by atoms with van der Waals surface area (Å²) in [7, 11) is 1.05. The molecule has 2 N–H and O–H groups in total. The van der Waals surface area contributed by atoms with Crippen LogP contribution in [0.3, 0.4) is 0 Å². The van der Waals surface area contributed by atoms with Crippen LogP contribution in [0.25, 0.3) is 0 Å². The first-order valence-electron chi connectivity index (χ1n) is 4.08. The molecule has 0 aliphatic rings. The molecule has 0 spiro atoms. The van der Waals surface area contributed by atoms with Gasteiger partial charge < -0.3 is 10.5 Å². The third-order valence-corrected chi connectivity index (χ3v) is 1.78. The van der Waals surface area contributed by atoms with Crippen LogP contribution in [-0.2, 0) is 4.74 Å². The van der Waals surface area contributed by atoms with Crippen molar-refractivity contribution < 1.29 is 18.3 Å². The fraction of sp³-hybridized carbons (Fsp3) is 0.222. The maximum absolute atomic E-state index is 12.4. The van der Waals surface area contributed by atoms with Crippen LogP contribution in [-0.4, -0.2) is 18.1 Å². The highest BCUT2D eigenvalue weighted by Crippen LogP contribution is 2.23. The summed E-state index contributed by atoms with van der Waals surface area (Å²) >= 11 is 0. The quantitative estimate of drug-likeness (QED) is 0.768. The average molecular weight is 227 g/mol. The zero-order chi connectivity index (χ0) is 12.3. The number of alkyl halides is 2. The number of halogens is 2. The number of nitrogens with two attached hydrogens (primary N) is 1. The molecule has 0 radical (unpaired) electrons. The van der Waals surface area contributed by atoms with E-state index in [9.17, 15) is 13.6 Å². The standard InChI is InChI=1S/C9H7F2N3O2/c1-16-9(15)7-4(3-12)5(13)2-6(14-7)8(10)11/h2,8H,1H3,(H2,13,14). The Balaban J connectivity index is 3.44. The van der Waals surface area contributed by atoms with Crippen molar-refractivity contribution in [2.24, 2.45) is 0 Å². The van der Waals surface area contributed by atoms with Crippen LogP contribution in [0.5, 0.6) is 0 Å². The number of carbonyl (C=O) groups excluding carboxylic acids is 1. The average Bonchev–Trinajstić information content (AvgIpc) is 2.26. The number of methoxy groups -OCH3 is 1. The lowest BCUT2D eigenvalue weighted by Gasteiger charge is -2.07. The Morgan fingerprint density at radius 2 is 2.31 bits per heavy atom. The summed E-state index contributed by atoms with van der Waals surface area (Å²) in [5.41, 5.74) is 3.69. The lowest BCUT2D eigenvalue weighted by Crippen LogP contribution is -2.11. The first kappa shape index (κ1) is 11.8. The topological polar surface area (TPSA) is 89.0 Å². The van der Waals surface area contributed by atoms with Crippen LogP contribution in [0, 0.1) is 11.3 Å². The van der Waals surface area contributed by atoms with Gasteiger partial charge in [-0.2, -0.15) is 5.26 Å². The van der Waals surface area contributed by atoms with Gasteiger partial charge >= 0.3 is 5.97 Å². The molecule has 0 aromatic carbocycles. The van der Waals surface area contributed by atoms with E-state index in [4.69, 9.17) is 11.0 Å². The van der Waals surface area contributed by atoms with Crippen molar-refractivity contribution in [3.05, 3.63) is 23.0 Å². The van der Waals surface area contributed by atoms with Crippen molar-refractivity contribution in [3.63, 3.8) is 0 Å². The van der Waals surface area contributed by atoms with E-state index in [-0.39, 0.29) is 11.3 Å². The molecule has 1 heterocycles. The second-order valence-corrected chi connectivity index (χ2v) is 2.76. The van der Waals surface area contributed by atoms with Gasteiger partial charge in [-0.05, 0) is 6.07 Å². The highest BCUT2D eigenvalue weighted by atomic mass is 19.3. The summed E-state index contributed by atoms with van der Waals surface area (Å²) in [5, 5.41) is 8.71. The molecule has 0 atom stereocenters. The number of carbonyl (C=O) groups is 1. The van der Waals surface area contributed by atoms with Crippen molar-refractivity contribution in [1.82, 2.24) is 4.98 Å². The second kappa shape index (κ2) is 4.53. The predicted molar refractivity (Wildman–Crippen MR) is 49.7 cm³/mol. The molecule has 0 amide bonds. The highest BCUT2D eigenvalue weighted by molar-refractivity contribution is 5.92. The molecule has 84 valence electrons. The maximum Gasteiger partial charge on any atom is 0.358 e. The molecule has 1 aromatic rings. The Bertz CT molecular complexity index is 469. The van der Waals surface area contributed by atoms with E-state index in [2.05, 4.69) is 9.72 Å². The first-order valence-corrected chi connectivity index (χ1v) is 4.08. The van der Waals surface area contributed by atoms with Crippen LogP contribution < -0.4 is 5.73 Å². The number of rotatable bonds is 2. The number of aromatic nitrogens is 1. The molecule has 1 rings (SSSR count). The van der Waals surface area contributed by atoms with Crippen LogP contribution >= 0.6 is 0 Å². The van der Waals surface area contributed by atoms with Crippen molar-refractivity contribution in [3.8, 4) is 6.07 Å². The molecule has 0 unspecified atom stereocenters. The van der Waals surface area contributed by atoms with E-state index in [1.165, 1.54) is 0 Å². The molecular weight excluding hydrogens is 220 g/mol. The van der Waals surface area contributed by atoms with Gasteiger partial charge in [-0.15, -0.1) is 0 Å². The molecule has 0 saturated heterocycles. The van der Waals surface area contributed by atoms with Gasteiger partial charge in [0.2, 0.25) is 0 Å². The first-order chi connectivity index (χ1) is 7.51. The van der Waals surface area contributed by atoms with Crippen molar-refractivity contribution in [2.75, 3.05) is 12.8 Å². The fourth-order valence-corrected chi connectivity index (χ4v) is 1.06. The Morgan fingerprint density at radius 3 is 2.75 bits per heavy atom. The number of anilines is 1. The van der Waals surface area contributed by atoms with Crippen molar-refractivity contribution >= 4 is 11.7 Å². The number of hydrogen-bond donors (Lipinski definition) is 1. The number of pyridine rings is 1. The molecule has 0 saturated carbocycles. The van der Waals surface area contributed by atoms with Crippen LogP contribution in [0.1, 0.15) is 28.2 Å². The van der Waals surface area contributed by atoms with Gasteiger partial charge in [0.05, 0.1) is 12.8 Å². The van der Waals surface area contributed by atoms with Gasteiger partial charge in [0.25, 0.3) is 6.43 Å². The zero-order valence-corrected chi connectivity index (χ0v) is 8.20. The number of ether oxygens (including phenoxy) is 1. The summed E-state index contributed by atoms with van der Waals surface area (Å²) in [5.74, 6) is -0.981. The number of nitrogen functional groups attached to an aromatic ring is 1. The molecule has 0 fully saturated rings. The minimum Gasteiger partial charge on any atom is -0.464 e. The summed E-state index contributed by atoms with van der Waals surface area (Å²) in [6.45, 7) is 0. The summed E-state index contributed by atoms with van der Waals surface area (Å²) in [6.07, 6.45) is -2.88. The summed E-state index contributed by atoms with van der Waals surface area (Å²) < 4.78 is 29.1. The number of esters is 1. The fourth-order valence-electron chi connectivity index (χ4n) is 1.06. The molecular formula is C9H7F2N3O2. The van der Waals surface area contributed by atoms with Crippen LogP contribution in [0.15, 0.2) is 6.07 Å². The third kappa shape index (κ3) is 2.06. The lowest BCUT2D eigenvalue weighted by atomic mass is 10.1. The lowest BCUT2D eigenvalue weighted by molar-refractivity contribution is 0.0592. The molecule has 0 aliphatic heterocycles. The van der Waals surface area contributed by atoms with E-state index >= 15 is 0 Å². The molecule has 16 heavy (non-hydrogen) atoms. The normalized spacial score (nSPS) is 9.94. The summed E-state index contributed by atoms with van der Waals surface area (Å²) in [4.78, 5) is 14.5. The van der Waals surface area contributed by atoms with Gasteiger partial charge in [0.15, 0.2) is 5.69 Å². The monoisotopic (exact) mass is 227 g/mol. The molecule has 5 nitrogen and oxygen atoms in total. The number of nitriles is 1. The Kier molecular flexibility index (Phi) is 3.35. The molecule has 1 aromatic heterocycles. The minimum atomic E-state index is -2.88. The number of nitrogens with zero attached hydrogens (tertiary/aromatic N) is 2. The highest BCUT2D eigenvalue weighted by Gasteiger charge is 2.21. The predicted octanol–water partition coefficient (Wildman–Crippen LogP) is 1.26. The smallest absolute Gasteiger partial charge is 0.358 e. The minimum absolute atomic E-state index is 0.229. The number of hydrogen-bond acceptors (Lipinski definition) is 5. The van der Waals surface area contributed by atoms with Gasteiger partial charge in [-0.25, -0.2) is 18.6 Å². The van der Waals surface area contributed by atoms with Crippen LogP contribution in [0.2, 0.25) is 0 Å². The van der Waals surface area contributed by atoms with E-state index < -0.39 is 23.8 Å². The Hall–Kier alpha value is -2.23. The van der Waals surface area contributed by atoms with Gasteiger partial charge in [0.1, 0.15) is 17.3 Å². The third-order valence-electron chi connectivity index (χ3n) is 1.78. The van der Waals surface area contributed by atoms with Gasteiger partial charge in [-0.1, -0.05) is 0 Å². The largest absolute Gasteiger partial charge is 0.464 e. The Morgan fingerprint density at radius 1 is 1.69 bits per heavy atom. The molecule has 7 heteroatoms. The molecule has 0 aliphatic carbocycles. The van der Waals surface area contributed by atoms with Crippen molar-refractivity contribution in [2.45, 2.75) is 6.43 Å². The summed E-state index contributed by atoms with van der Waals surface area (Å²) in [6, 6.07) is 2.47. The van der Waals surface area contributed by atoms with E-state index in [1.54, 1.807) is 6.07 Å². The Labute approximate surface area is 89.4 Å². The van der Waals surface area contributed by atoms with Crippen LogP contribution in [0.4, 0.5) is 14.5 Å². The second-order valence-electron chi connectivity index (χ2n) is 2.76. The maximum atomic E-state index is 12.4. The SMILES string of the molecule is COC(=O)c1nc(C(F)F)cc(N)c1C#N. The molecule has 0 bridgehead atoms. The van der Waals surface area contributed by atoms with Gasteiger partial charge in [0, 0.05) is 0 Å².